The third-order valence-electron chi connectivity index (χ3n) is 6.09. The van der Waals surface area contributed by atoms with Crippen LogP contribution in [0.4, 0.5) is 13.2 Å². The molecule has 4 bridgehead atoms. The molecule has 148 valence electrons. The number of alkyl halides is 3. The van der Waals surface area contributed by atoms with E-state index in [-0.39, 0.29) is 29.6 Å². The maximum Gasteiger partial charge on any atom is 0.432 e. The van der Waals surface area contributed by atoms with Crippen LogP contribution in [0.3, 0.4) is 0 Å². The van der Waals surface area contributed by atoms with Crippen molar-refractivity contribution in [2.45, 2.75) is 56.1 Å². The van der Waals surface area contributed by atoms with Crippen molar-refractivity contribution < 1.29 is 36.9 Å². The second kappa shape index (κ2) is 6.18. The topological polar surface area (TPSA) is 54.0 Å². The van der Waals surface area contributed by atoms with Gasteiger partial charge in [0, 0.05) is 24.5 Å². The molecule has 1 aromatic carbocycles. The summed E-state index contributed by atoms with van der Waals surface area (Å²) < 4.78 is 64.0. The molecule has 4 fully saturated rings. The molecule has 27 heavy (non-hydrogen) atoms. The van der Waals surface area contributed by atoms with E-state index in [0.29, 0.717) is 0 Å². The zero-order valence-electron chi connectivity index (χ0n) is 15.1. The van der Waals surface area contributed by atoms with Gasteiger partial charge in [-0.3, -0.25) is 0 Å². The van der Waals surface area contributed by atoms with Crippen molar-refractivity contribution >= 4 is 5.97 Å². The lowest BCUT2D eigenvalue weighted by Crippen LogP contribution is -2.56. The SMILES string of the molecule is CO[C@@](C(=O)O[C@H]1[C@H]2OC3C(C)[C@H]1O[C@H]2C3C)(c1ccccc1)C(F)(F)F. The van der Waals surface area contributed by atoms with Gasteiger partial charge in [-0.25, -0.2) is 4.79 Å². The highest BCUT2D eigenvalue weighted by atomic mass is 19.4. The van der Waals surface area contributed by atoms with Gasteiger partial charge in [-0.05, 0) is 0 Å². The fourth-order valence-electron chi connectivity index (χ4n) is 4.72. The normalized spacial score (nSPS) is 39.4. The summed E-state index contributed by atoms with van der Waals surface area (Å²) in [6.07, 6.45) is -7.21. The minimum Gasteiger partial charge on any atom is -0.454 e. The summed E-state index contributed by atoms with van der Waals surface area (Å²) in [5, 5.41) is 0. The summed E-state index contributed by atoms with van der Waals surface area (Å²) in [5.74, 6) is -1.47. The Morgan fingerprint density at radius 3 is 2.15 bits per heavy atom. The van der Waals surface area contributed by atoms with Gasteiger partial charge in [0.15, 0.2) is 6.10 Å². The average Bonchev–Trinajstić information content (AvgIpc) is 3.04. The fraction of sp³-hybridized carbons (Fsp3) is 0.632. The molecule has 0 aromatic heterocycles. The fourth-order valence-corrected chi connectivity index (χ4v) is 4.72. The van der Waals surface area contributed by atoms with E-state index in [0.717, 1.165) is 7.11 Å². The zero-order chi connectivity index (χ0) is 19.6. The van der Waals surface area contributed by atoms with Crippen molar-refractivity contribution in [2.75, 3.05) is 7.11 Å². The largest absolute Gasteiger partial charge is 0.454 e. The van der Waals surface area contributed by atoms with Gasteiger partial charge in [0.2, 0.25) is 0 Å². The summed E-state index contributed by atoms with van der Waals surface area (Å²) in [7, 11) is 0.853. The average molecular weight is 386 g/mol. The first-order valence-electron chi connectivity index (χ1n) is 8.91. The van der Waals surface area contributed by atoms with Gasteiger partial charge in [-0.15, -0.1) is 0 Å². The molecule has 1 aromatic rings. The van der Waals surface area contributed by atoms with Crippen LogP contribution in [0.2, 0.25) is 0 Å². The number of halogens is 3. The number of ether oxygens (including phenoxy) is 4. The summed E-state index contributed by atoms with van der Waals surface area (Å²) in [6, 6.07) is 6.78. The van der Waals surface area contributed by atoms with Gasteiger partial charge in [0.05, 0.1) is 12.2 Å². The lowest BCUT2D eigenvalue weighted by atomic mass is 9.87. The highest BCUT2D eigenvalue weighted by Crippen LogP contribution is 2.52. The molecular formula is C19H21F3O5. The number of methoxy groups -OCH3 is 1. The lowest BCUT2D eigenvalue weighted by Gasteiger charge is -2.40. The van der Waals surface area contributed by atoms with Crippen LogP contribution in [-0.2, 0) is 29.3 Å². The highest BCUT2D eigenvalue weighted by Gasteiger charge is 2.68. The van der Waals surface area contributed by atoms with Gasteiger partial charge in [0.1, 0.15) is 12.2 Å². The molecule has 5 nitrogen and oxygen atoms in total. The van der Waals surface area contributed by atoms with Crippen LogP contribution in [0.1, 0.15) is 19.4 Å². The summed E-state index contributed by atoms with van der Waals surface area (Å²) in [4.78, 5) is 12.9. The third-order valence-corrected chi connectivity index (χ3v) is 6.09. The van der Waals surface area contributed by atoms with Gasteiger partial charge in [-0.2, -0.15) is 13.2 Å². The van der Waals surface area contributed by atoms with Gasteiger partial charge in [0.25, 0.3) is 5.60 Å². The summed E-state index contributed by atoms with van der Waals surface area (Å²) in [6.45, 7) is 3.88. The molecule has 0 saturated carbocycles. The standard InChI is InChI=1S/C19H21F3O5/c1-9-12-10(2)14-16(15(25-12)13(9)26-14)27-17(23)18(24-3,19(20,21)22)11-7-5-4-6-8-11/h4-10,12-16H,1-3H3/t9?,10?,12?,13-,14+,15-,16+,18+/m0/s1. The number of carbonyl (C=O) groups is 1. The van der Waals surface area contributed by atoms with E-state index >= 15 is 0 Å². The van der Waals surface area contributed by atoms with Crippen LogP contribution in [0.15, 0.2) is 30.3 Å². The minimum atomic E-state index is -5.00. The van der Waals surface area contributed by atoms with Gasteiger partial charge >= 0.3 is 12.1 Å². The van der Waals surface area contributed by atoms with E-state index in [9.17, 15) is 18.0 Å². The van der Waals surface area contributed by atoms with Crippen molar-refractivity contribution in [2.24, 2.45) is 11.8 Å². The molecule has 5 rings (SSSR count). The Bertz CT molecular complexity index is 720. The Morgan fingerprint density at radius 1 is 0.963 bits per heavy atom. The highest BCUT2D eigenvalue weighted by molar-refractivity contribution is 5.83. The second-order valence-electron chi connectivity index (χ2n) is 7.47. The lowest BCUT2D eigenvalue weighted by molar-refractivity contribution is -0.282. The van der Waals surface area contributed by atoms with E-state index in [2.05, 4.69) is 0 Å². The summed E-state index contributed by atoms with van der Waals surface area (Å²) in [5.41, 5.74) is -3.54. The first kappa shape index (κ1) is 18.7. The smallest absolute Gasteiger partial charge is 0.432 e. The Kier molecular flexibility index (Phi) is 4.29. The number of esters is 1. The molecule has 0 amide bonds. The molecule has 8 heteroatoms. The zero-order valence-corrected chi connectivity index (χ0v) is 15.1. The maximum atomic E-state index is 14.0. The molecule has 8 atom stereocenters. The van der Waals surface area contributed by atoms with Crippen LogP contribution in [-0.4, -0.2) is 49.8 Å². The predicted molar refractivity (Wildman–Crippen MR) is 86.7 cm³/mol. The number of benzene rings is 1. The van der Waals surface area contributed by atoms with Crippen molar-refractivity contribution in [1.82, 2.24) is 0 Å². The molecule has 0 radical (unpaired) electrons. The van der Waals surface area contributed by atoms with Gasteiger partial charge in [-0.1, -0.05) is 44.2 Å². The first-order chi connectivity index (χ1) is 12.7. The van der Waals surface area contributed by atoms with E-state index in [1.807, 2.05) is 13.8 Å². The van der Waals surface area contributed by atoms with E-state index in [1.165, 1.54) is 24.3 Å². The van der Waals surface area contributed by atoms with Crippen molar-refractivity contribution in [1.29, 1.82) is 0 Å². The third kappa shape index (κ3) is 2.46. The van der Waals surface area contributed by atoms with Crippen molar-refractivity contribution in [3.63, 3.8) is 0 Å². The molecule has 3 unspecified atom stereocenters. The quantitative estimate of drug-likeness (QED) is 0.745. The molecule has 4 saturated heterocycles. The van der Waals surface area contributed by atoms with E-state index in [1.54, 1.807) is 6.07 Å². The molecule has 4 heterocycles. The molecule has 0 aliphatic carbocycles. The summed E-state index contributed by atoms with van der Waals surface area (Å²) >= 11 is 0. The first-order valence-corrected chi connectivity index (χ1v) is 8.91. The predicted octanol–water partition coefficient (Wildman–Crippen LogP) is 2.82. The Balaban J connectivity index is 1.66. The van der Waals surface area contributed by atoms with Crippen LogP contribution in [0, 0.1) is 11.8 Å². The van der Waals surface area contributed by atoms with E-state index in [4.69, 9.17) is 18.9 Å². The van der Waals surface area contributed by atoms with Crippen molar-refractivity contribution in [3.05, 3.63) is 35.9 Å². The minimum absolute atomic E-state index is 0.0300. The molecule has 4 aliphatic rings. The van der Waals surface area contributed by atoms with Crippen LogP contribution < -0.4 is 0 Å². The van der Waals surface area contributed by atoms with Crippen LogP contribution in [0.5, 0.6) is 0 Å². The Hall–Kier alpha value is -1.64. The maximum absolute atomic E-state index is 14.0. The number of hydrogen-bond donors (Lipinski definition) is 0. The van der Waals surface area contributed by atoms with E-state index < -0.39 is 36.1 Å². The molecular weight excluding hydrogens is 365 g/mol. The monoisotopic (exact) mass is 386 g/mol. The van der Waals surface area contributed by atoms with Crippen LogP contribution in [0.25, 0.3) is 0 Å². The van der Waals surface area contributed by atoms with Crippen molar-refractivity contribution in [3.8, 4) is 0 Å². The number of hydrogen-bond acceptors (Lipinski definition) is 5. The van der Waals surface area contributed by atoms with Crippen LogP contribution >= 0.6 is 0 Å². The molecule has 0 spiro atoms. The number of carbonyl (C=O) groups excluding carboxylic acids is 1. The molecule has 4 aliphatic heterocycles. The number of rotatable bonds is 4. The molecule has 0 N–H and O–H groups in total. The Labute approximate surface area is 154 Å². The second-order valence-corrected chi connectivity index (χ2v) is 7.47. The Morgan fingerprint density at radius 2 is 1.56 bits per heavy atom. The van der Waals surface area contributed by atoms with Gasteiger partial charge < -0.3 is 18.9 Å².